The molecule has 6 nitrogen and oxygen atoms in total. The molecule has 0 saturated carbocycles. The van der Waals surface area contributed by atoms with E-state index in [-0.39, 0.29) is 10.8 Å². The van der Waals surface area contributed by atoms with Crippen LogP contribution in [0.4, 0.5) is 0 Å². The topological polar surface area (TPSA) is 101 Å². The summed E-state index contributed by atoms with van der Waals surface area (Å²) in [7, 11) is -3.93. The fraction of sp³-hybridized carbons (Fsp3) is 0.292. The lowest BCUT2D eigenvalue weighted by Gasteiger charge is -2.19. The van der Waals surface area contributed by atoms with E-state index in [9.17, 15) is 13.2 Å². The van der Waals surface area contributed by atoms with Crippen LogP contribution in [-0.2, 0) is 21.2 Å². The third-order valence-corrected chi connectivity index (χ3v) is 7.07. The average molecular weight is 474 g/mol. The highest BCUT2D eigenvalue weighted by Gasteiger charge is 2.26. The van der Waals surface area contributed by atoms with Gasteiger partial charge in [0, 0.05) is 17.0 Å². The monoisotopic (exact) mass is 473 g/mol. The van der Waals surface area contributed by atoms with E-state index < -0.39 is 16.1 Å². The molecule has 32 heavy (non-hydrogen) atoms. The van der Waals surface area contributed by atoms with Crippen molar-refractivity contribution in [3.63, 3.8) is 0 Å². The maximum absolute atomic E-state index is 13.2. The largest absolute Gasteiger partial charge is 0.354 e. The second-order valence-corrected chi connectivity index (χ2v) is 9.82. The number of carbonyl (C=O) groups excluding carboxylic acids is 1. The van der Waals surface area contributed by atoms with Gasteiger partial charge >= 0.3 is 0 Å². The number of hydrogen-bond donors (Lipinski definition) is 3. The number of nitrogens with one attached hydrogen (secondary N) is 2. The summed E-state index contributed by atoms with van der Waals surface area (Å²) >= 11 is 6.00. The Bertz CT molecular complexity index is 1200. The molecule has 1 unspecified atom stereocenters. The molecule has 8 heteroatoms. The molecular formula is C24H28ClN3O3S. The van der Waals surface area contributed by atoms with Crippen LogP contribution in [0, 0.1) is 6.92 Å². The van der Waals surface area contributed by atoms with Crippen molar-refractivity contribution in [2.45, 2.75) is 37.1 Å². The lowest BCUT2D eigenvalue weighted by atomic mass is 10.1. The zero-order valence-electron chi connectivity index (χ0n) is 18.0. The van der Waals surface area contributed by atoms with Crippen LogP contribution in [0.3, 0.4) is 0 Å². The van der Waals surface area contributed by atoms with Gasteiger partial charge in [-0.2, -0.15) is 4.72 Å². The Kier molecular flexibility index (Phi) is 8.26. The lowest BCUT2D eigenvalue weighted by molar-refractivity contribution is -0.122. The number of amides is 1. The molecule has 4 N–H and O–H groups in total. The first-order valence-electron chi connectivity index (χ1n) is 10.5. The summed E-state index contributed by atoms with van der Waals surface area (Å²) in [6, 6.07) is 17.2. The first-order chi connectivity index (χ1) is 15.3. The van der Waals surface area contributed by atoms with Crippen molar-refractivity contribution in [1.29, 1.82) is 0 Å². The highest BCUT2D eigenvalue weighted by Crippen LogP contribution is 2.26. The number of nitrogens with two attached hydrogens (primary N) is 1. The smallest absolute Gasteiger partial charge is 0.241 e. The van der Waals surface area contributed by atoms with Gasteiger partial charge in [-0.1, -0.05) is 54.1 Å². The van der Waals surface area contributed by atoms with Crippen LogP contribution < -0.4 is 15.8 Å². The molecule has 0 aliphatic rings. The van der Waals surface area contributed by atoms with E-state index >= 15 is 0 Å². The number of rotatable bonds is 10. The Hall–Kier alpha value is -2.45. The summed E-state index contributed by atoms with van der Waals surface area (Å²) in [5.74, 6) is -0.375. The molecule has 3 aromatic rings. The molecule has 0 radical (unpaired) electrons. The molecule has 0 aliphatic heterocycles. The van der Waals surface area contributed by atoms with Crippen LogP contribution in [0.25, 0.3) is 10.8 Å². The van der Waals surface area contributed by atoms with Gasteiger partial charge in [-0.25, -0.2) is 8.42 Å². The normalized spacial score (nSPS) is 12.6. The SMILES string of the molecule is Cc1ccc(S(=O)(=O)NC(CCCN)C(=O)NCCc2cccc(Cl)c2)c2ccccc12. The van der Waals surface area contributed by atoms with E-state index in [1.54, 1.807) is 30.3 Å². The van der Waals surface area contributed by atoms with Crippen molar-refractivity contribution >= 4 is 38.3 Å². The van der Waals surface area contributed by atoms with Crippen LogP contribution in [0.1, 0.15) is 24.0 Å². The van der Waals surface area contributed by atoms with Crippen LogP contribution in [0.5, 0.6) is 0 Å². The van der Waals surface area contributed by atoms with Crippen molar-refractivity contribution in [3.05, 3.63) is 76.8 Å². The molecule has 0 bridgehead atoms. The third-order valence-electron chi connectivity index (χ3n) is 5.30. The third kappa shape index (κ3) is 6.07. The van der Waals surface area contributed by atoms with Gasteiger partial charge in [0.2, 0.25) is 15.9 Å². The lowest BCUT2D eigenvalue weighted by Crippen LogP contribution is -2.47. The zero-order valence-corrected chi connectivity index (χ0v) is 19.5. The highest BCUT2D eigenvalue weighted by molar-refractivity contribution is 7.89. The number of benzene rings is 3. The predicted molar refractivity (Wildman–Crippen MR) is 129 cm³/mol. The Balaban J connectivity index is 1.75. The van der Waals surface area contributed by atoms with Gasteiger partial charge in [-0.3, -0.25) is 4.79 Å². The number of fused-ring (bicyclic) bond motifs is 1. The fourth-order valence-corrected chi connectivity index (χ4v) is 5.27. The minimum atomic E-state index is -3.93. The fourth-order valence-electron chi connectivity index (χ4n) is 3.62. The maximum Gasteiger partial charge on any atom is 0.241 e. The van der Waals surface area contributed by atoms with Crippen LogP contribution in [0.2, 0.25) is 5.02 Å². The van der Waals surface area contributed by atoms with E-state index in [1.165, 1.54) is 0 Å². The van der Waals surface area contributed by atoms with E-state index in [2.05, 4.69) is 10.0 Å². The summed E-state index contributed by atoms with van der Waals surface area (Å²) in [4.78, 5) is 13.0. The maximum atomic E-state index is 13.2. The summed E-state index contributed by atoms with van der Waals surface area (Å²) < 4.78 is 29.1. The average Bonchev–Trinajstić information content (AvgIpc) is 2.77. The molecule has 0 aliphatic carbocycles. The summed E-state index contributed by atoms with van der Waals surface area (Å²) in [6.07, 6.45) is 1.41. The number of hydrogen-bond acceptors (Lipinski definition) is 4. The van der Waals surface area contributed by atoms with Gasteiger partial charge in [0.05, 0.1) is 4.90 Å². The molecule has 0 spiro atoms. The second-order valence-electron chi connectivity index (χ2n) is 7.70. The van der Waals surface area contributed by atoms with E-state index in [0.29, 0.717) is 42.8 Å². The Morgan fingerprint density at radius 1 is 1.06 bits per heavy atom. The van der Waals surface area contributed by atoms with Crippen LogP contribution in [-0.4, -0.2) is 33.5 Å². The van der Waals surface area contributed by atoms with Crippen molar-refractivity contribution < 1.29 is 13.2 Å². The van der Waals surface area contributed by atoms with Gasteiger partial charge in [0.25, 0.3) is 0 Å². The number of sulfonamides is 1. The zero-order chi connectivity index (χ0) is 23.1. The Labute approximate surface area is 194 Å². The molecule has 0 heterocycles. The van der Waals surface area contributed by atoms with Gasteiger partial charge in [-0.05, 0) is 67.4 Å². The molecule has 3 rings (SSSR count). The molecule has 3 aromatic carbocycles. The van der Waals surface area contributed by atoms with E-state index in [1.807, 2.05) is 37.3 Å². The first kappa shape index (κ1) is 24.2. The van der Waals surface area contributed by atoms with E-state index in [4.69, 9.17) is 17.3 Å². The summed E-state index contributed by atoms with van der Waals surface area (Å²) in [5, 5.41) is 4.95. The number of carbonyl (C=O) groups is 1. The van der Waals surface area contributed by atoms with Crippen molar-refractivity contribution in [2.24, 2.45) is 5.73 Å². The van der Waals surface area contributed by atoms with Crippen molar-refractivity contribution in [2.75, 3.05) is 13.1 Å². The van der Waals surface area contributed by atoms with Gasteiger partial charge in [0.1, 0.15) is 6.04 Å². The quantitative estimate of drug-likeness (QED) is 0.419. The van der Waals surface area contributed by atoms with Crippen molar-refractivity contribution in [3.8, 4) is 0 Å². The molecule has 1 atom stereocenters. The highest BCUT2D eigenvalue weighted by atomic mass is 35.5. The molecule has 0 fully saturated rings. The molecule has 0 aromatic heterocycles. The predicted octanol–water partition coefficient (Wildman–Crippen LogP) is 3.55. The minimum absolute atomic E-state index is 0.156. The first-order valence-corrected chi connectivity index (χ1v) is 12.4. The number of halogens is 1. The van der Waals surface area contributed by atoms with Gasteiger partial charge in [-0.15, -0.1) is 0 Å². The molecule has 0 saturated heterocycles. The second kappa shape index (κ2) is 10.9. The number of aryl methyl sites for hydroxylation is 1. The molecular weight excluding hydrogens is 446 g/mol. The van der Waals surface area contributed by atoms with Gasteiger partial charge in [0.15, 0.2) is 0 Å². The summed E-state index contributed by atoms with van der Waals surface area (Å²) in [5.41, 5.74) is 7.58. The molecule has 170 valence electrons. The van der Waals surface area contributed by atoms with Crippen LogP contribution >= 0.6 is 11.6 Å². The Morgan fingerprint density at radius 2 is 1.81 bits per heavy atom. The Morgan fingerprint density at radius 3 is 2.53 bits per heavy atom. The van der Waals surface area contributed by atoms with E-state index in [0.717, 1.165) is 16.5 Å². The van der Waals surface area contributed by atoms with Crippen molar-refractivity contribution in [1.82, 2.24) is 10.0 Å². The summed E-state index contributed by atoms with van der Waals surface area (Å²) in [6.45, 7) is 2.67. The molecule has 1 amide bonds. The van der Waals surface area contributed by atoms with Crippen LogP contribution in [0.15, 0.2) is 65.6 Å². The van der Waals surface area contributed by atoms with Gasteiger partial charge < -0.3 is 11.1 Å². The standard InChI is InChI=1S/C24H28ClN3O3S/c1-17-11-12-23(21-9-3-2-8-20(17)21)32(30,31)28-22(10-5-14-26)24(29)27-15-13-18-6-4-7-19(25)16-18/h2-4,6-9,11-12,16,22,28H,5,10,13-15,26H2,1H3,(H,27,29). The minimum Gasteiger partial charge on any atom is -0.354 e.